The minimum atomic E-state index is -3.65. The Morgan fingerprint density at radius 2 is 1.92 bits per heavy atom. The van der Waals surface area contributed by atoms with Gasteiger partial charge in [0.2, 0.25) is 0 Å². The number of halogens is 1. The molecule has 5 nitrogen and oxygen atoms in total. The quantitative estimate of drug-likeness (QED) is 0.447. The lowest BCUT2D eigenvalue weighted by molar-refractivity contribution is 0.488. The van der Waals surface area contributed by atoms with Gasteiger partial charge in [0.1, 0.15) is 5.75 Å². The maximum absolute atomic E-state index is 12.0. The van der Waals surface area contributed by atoms with Crippen LogP contribution in [0.4, 0.5) is 0 Å². The van der Waals surface area contributed by atoms with E-state index in [9.17, 15) is 8.42 Å². The molecule has 0 spiro atoms. The van der Waals surface area contributed by atoms with Gasteiger partial charge in [-0.15, -0.1) is 0 Å². The molecule has 0 atom stereocenters. The summed E-state index contributed by atoms with van der Waals surface area (Å²) in [5, 5.41) is 1.32. The van der Waals surface area contributed by atoms with Crippen LogP contribution >= 0.6 is 23.4 Å². The van der Waals surface area contributed by atoms with Crippen molar-refractivity contribution < 1.29 is 12.6 Å². The van der Waals surface area contributed by atoms with Crippen LogP contribution < -0.4 is 4.18 Å². The van der Waals surface area contributed by atoms with E-state index >= 15 is 0 Å². The first-order chi connectivity index (χ1) is 12.0. The number of hydrogen-bond donors (Lipinski definition) is 0. The van der Waals surface area contributed by atoms with Crippen molar-refractivity contribution in [2.24, 2.45) is 0 Å². The Morgan fingerprint density at radius 3 is 2.68 bits per heavy atom. The van der Waals surface area contributed by atoms with Gasteiger partial charge in [-0.05, 0) is 30.3 Å². The van der Waals surface area contributed by atoms with Crippen LogP contribution in [0.1, 0.15) is 0 Å². The van der Waals surface area contributed by atoms with Crippen molar-refractivity contribution in [3.63, 3.8) is 0 Å². The first-order valence-electron chi connectivity index (χ1n) is 7.43. The number of aromatic nitrogens is 2. The van der Waals surface area contributed by atoms with Crippen molar-refractivity contribution >= 4 is 33.5 Å². The SMILES string of the molecule is O=S(=O)(CCSc1nccn1-c1cccc(Cl)c1)Oc1ccccc1. The molecule has 0 N–H and O–H groups in total. The van der Waals surface area contributed by atoms with Crippen molar-refractivity contribution in [2.75, 3.05) is 11.5 Å². The number of benzene rings is 2. The summed E-state index contributed by atoms with van der Waals surface area (Å²) >= 11 is 7.36. The molecule has 8 heteroatoms. The molecule has 0 unspecified atom stereocenters. The highest BCUT2D eigenvalue weighted by Crippen LogP contribution is 2.23. The number of hydrogen-bond acceptors (Lipinski definition) is 5. The van der Waals surface area contributed by atoms with Gasteiger partial charge in [-0.2, -0.15) is 8.42 Å². The number of thioether (sulfide) groups is 1. The average Bonchev–Trinajstić information content (AvgIpc) is 3.03. The largest absolute Gasteiger partial charge is 0.382 e. The Hall–Kier alpha value is -1.96. The predicted octanol–water partition coefficient (Wildman–Crippen LogP) is 4.03. The summed E-state index contributed by atoms with van der Waals surface area (Å²) in [4.78, 5) is 4.27. The van der Waals surface area contributed by atoms with Crippen molar-refractivity contribution in [3.8, 4) is 11.4 Å². The minimum absolute atomic E-state index is 0.116. The summed E-state index contributed by atoms with van der Waals surface area (Å²) in [6.45, 7) is 0. The number of nitrogens with zero attached hydrogens (tertiary/aromatic N) is 2. The lowest BCUT2D eigenvalue weighted by Gasteiger charge is -2.09. The summed E-state index contributed by atoms with van der Waals surface area (Å²) in [5.74, 6) is 0.523. The van der Waals surface area contributed by atoms with Gasteiger partial charge in [-0.3, -0.25) is 4.57 Å². The molecule has 1 heterocycles. The monoisotopic (exact) mass is 394 g/mol. The summed E-state index contributed by atoms with van der Waals surface area (Å²) in [6, 6.07) is 15.8. The summed E-state index contributed by atoms with van der Waals surface area (Å²) in [6.07, 6.45) is 3.47. The average molecular weight is 395 g/mol. The van der Waals surface area contributed by atoms with Crippen LogP contribution in [0.25, 0.3) is 5.69 Å². The third kappa shape index (κ3) is 5.01. The molecule has 0 bridgehead atoms. The zero-order chi connectivity index (χ0) is 17.7. The lowest BCUT2D eigenvalue weighted by atomic mass is 10.3. The third-order valence-corrected chi connectivity index (χ3v) is 5.84. The molecule has 1 aromatic heterocycles. The normalized spacial score (nSPS) is 11.4. The van der Waals surface area contributed by atoms with Crippen LogP contribution in [0.5, 0.6) is 5.75 Å². The zero-order valence-electron chi connectivity index (χ0n) is 13.1. The van der Waals surface area contributed by atoms with Gasteiger partial charge in [0.15, 0.2) is 5.16 Å². The molecule has 0 aliphatic rings. The van der Waals surface area contributed by atoms with E-state index < -0.39 is 10.1 Å². The second-order valence-electron chi connectivity index (χ2n) is 5.07. The van der Waals surface area contributed by atoms with Gasteiger partial charge in [0.05, 0.1) is 5.75 Å². The molecule has 0 aliphatic heterocycles. The second kappa shape index (κ2) is 7.95. The minimum Gasteiger partial charge on any atom is -0.382 e. The van der Waals surface area contributed by atoms with E-state index in [-0.39, 0.29) is 5.75 Å². The van der Waals surface area contributed by atoms with Gasteiger partial charge in [-0.1, -0.05) is 47.6 Å². The Kier molecular flexibility index (Phi) is 5.67. The van der Waals surface area contributed by atoms with E-state index in [1.165, 1.54) is 11.8 Å². The van der Waals surface area contributed by atoms with Gasteiger partial charge >= 0.3 is 10.1 Å². The molecule has 0 amide bonds. The molecule has 130 valence electrons. The highest BCUT2D eigenvalue weighted by molar-refractivity contribution is 8.00. The standard InChI is InChI=1S/C17H15ClN2O3S2/c18-14-5-4-6-15(13-14)20-10-9-19-17(20)24-11-12-25(21,22)23-16-7-2-1-3-8-16/h1-10,13H,11-12H2. The summed E-state index contributed by atoms with van der Waals surface area (Å²) in [7, 11) is -3.65. The number of para-hydroxylation sites is 1. The van der Waals surface area contributed by atoms with Crippen LogP contribution in [-0.4, -0.2) is 29.5 Å². The number of imidazole rings is 1. The number of rotatable bonds is 7. The molecular weight excluding hydrogens is 380 g/mol. The first-order valence-corrected chi connectivity index (χ1v) is 10.4. The summed E-state index contributed by atoms with van der Waals surface area (Å²) < 4.78 is 31.0. The summed E-state index contributed by atoms with van der Waals surface area (Å²) in [5.41, 5.74) is 0.871. The molecular formula is C17H15ClN2O3S2. The van der Waals surface area contributed by atoms with Crippen LogP contribution in [0.15, 0.2) is 72.1 Å². The molecule has 0 aliphatic carbocycles. The third-order valence-electron chi connectivity index (χ3n) is 3.22. The molecule has 3 aromatic rings. The smallest absolute Gasteiger partial charge is 0.310 e. The maximum atomic E-state index is 12.0. The topological polar surface area (TPSA) is 61.2 Å². The van der Waals surface area contributed by atoms with Crippen LogP contribution in [0.3, 0.4) is 0 Å². The highest BCUT2D eigenvalue weighted by atomic mass is 35.5. The van der Waals surface area contributed by atoms with E-state index in [0.29, 0.717) is 21.7 Å². The van der Waals surface area contributed by atoms with Gasteiger partial charge in [0, 0.05) is 28.9 Å². The zero-order valence-corrected chi connectivity index (χ0v) is 15.5. The van der Waals surface area contributed by atoms with Crippen molar-refractivity contribution in [2.45, 2.75) is 5.16 Å². The van der Waals surface area contributed by atoms with Crippen molar-refractivity contribution in [3.05, 3.63) is 72.0 Å². The fraction of sp³-hybridized carbons (Fsp3) is 0.118. The fourth-order valence-corrected chi connectivity index (χ4v) is 4.56. The van der Waals surface area contributed by atoms with Crippen LogP contribution in [0, 0.1) is 0 Å². The van der Waals surface area contributed by atoms with Crippen LogP contribution in [0.2, 0.25) is 5.02 Å². The van der Waals surface area contributed by atoms with E-state index in [2.05, 4.69) is 4.98 Å². The Bertz CT molecular complexity index is 943. The van der Waals surface area contributed by atoms with Crippen molar-refractivity contribution in [1.29, 1.82) is 0 Å². The van der Waals surface area contributed by atoms with Gasteiger partial charge in [-0.25, -0.2) is 4.98 Å². The van der Waals surface area contributed by atoms with E-state index in [1.54, 1.807) is 42.6 Å². The highest BCUT2D eigenvalue weighted by Gasteiger charge is 2.14. The van der Waals surface area contributed by atoms with Gasteiger partial charge in [0.25, 0.3) is 0 Å². The molecule has 25 heavy (non-hydrogen) atoms. The second-order valence-corrected chi connectivity index (χ2v) is 8.26. The molecule has 0 fully saturated rings. The maximum Gasteiger partial charge on any atom is 0.310 e. The van der Waals surface area contributed by atoms with E-state index in [1.807, 2.05) is 29.0 Å². The molecule has 0 radical (unpaired) electrons. The Balaban J connectivity index is 1.62. The molecule has 0 saturated heterocycles. The lowest BCUT2D eigenvalue weighted by Crippen LogP contribution is -2.15. The fourth-order valence-electron chi connectivity index (χ4n) is 2.12. The van der Waals surface area contributed by atoms with Gasteiger partial charge < -0.3 is 4.18 Å². The predicted molar refractivity (Wildman–Crippen MR) is 100 cm³/mol. The van der Waals surface area contributed by atoms with Crippen molar-refractivity contribution in [1.82, 2.24) is 9.55 Å². The molecule has 0 saturated carbocycles. The van der Waals surface area contributed by atoms with E-state index in [4.69, 9.17) is 15.8 Å². The Labute approximate surface area is 155 Å². The Morgan fingerprint density at radius 1 is 1.12 bits per heavy atom. The first kappa shape index (κ1) is 17.8. The van der Waals surface area contributed by atoms with E-state index in [0.717, 1.165) is 5.69 Å². The molecule has 3 rings (SSSR count). The van der Waals surface area contributed by atoms with Crippen LogP contribution in [-0.2, 0) is 10.1 Å². The molecule has 2 aromatic carbocycles.